The standard InChI is InChI=1S/C19H22N2OS/c1-13-2-5-16-17(12-23-18(16)10-13)19(22)21(15-3-4-15)11-14-6-8-20-9-7-14/h6-9,12-13,15H,2-5,10-11H2,1H3. The molecule has 2 heterocycles. The highest BCUT2D eigenvalue weighted by atomic mass is 32.1. The second kappa shape index (κ2) is 6.08. The number of carbonyl (C=O) groups is 1. The predicted molar refractivity (Wildman–Crippen MR) is 92.6 cm³/mol. The Morgan fingerprint density at radius 3 is 2.83 bits per heavy atom. The summed E-state index contributed by atoms with van der Waals surface area (Å²) in [5, 5.41) is 2.10. The van der Waals surface area contributed by atoms with E-state index in [0.29, 0.717) is 12.6 Å². The molecule has 0 bridgehead atoms. The van der Waals surface area contributed by atoms with Gasteiger partial charge in [-0.05, 0) is 61.3 Å². The van der Waals surface area contributed by atoms with E-state index in [1.54, 1.807) is 23.7 Å². The van der Waals surface area contributed by atoms with Gasteiger partial charge in [0.15, 0.2) is 0 Å². The van der Waals surface area contributed by atoms with Crippen LogP contribution in [0, 0.1) is 5.92 Å². The highest BCUT2D eigenvalue weighted by Gasteiger charge is 2.35. The average molecular weight is 326 g/mol. The molecule has 2 aromatic heterocycles. The van der Waals surface area contributed by atoms with Crippen molar-refractivity contribution in [1.29, 1.82) is 0 Å². The maximum atomic E-state index is 13.2. The van der Waals surface area contributed by atoms with E-state index in [-0.39, 0.29) is 5.91 Å². The molecule has 0 aliphatic heterocycles. The number of hydrogen-bond donors (Lipinski definition) is 0. The van der Waals surface area contributed by atoms with E-state index >= 15 is 0 Å². The molecular formula is C19H22N2OS. The second-order valence-electron chi connectivity index (χ2n) is 6.92. The largest absolute Gasteiger partial charge is 0.331 e. The highest BCUT2D eigenvalue weighted by molar-refractivity contribution is 7.10. The summed E-state index contributed by atoms with van der Waals surface area (Å²) in [5.74, 6) is 0.983. The molecule has 1 fully saturated rings. The van der Waals surface area contributed by atoms with Gasteiger partial charge in [-0.1, -0.05) is 6.92 Å². The highest BCUT2D eigenvalue weighted by Crippen LogP contribution is 2.36. The molecule has 1 saturated carbocycles. The van der Waals surface area contributed by atoms with Crippen LogP contribution >= 0.6 is 11.3 Å². The van der Waals surface area contributed by atoms with Gasteiger partial charge in [-0.15, -0.1) is 11.3 Å². The van der Waals surface area contributed by atoms with Gasteiger partial charge in [0.25, 0.3) is 5.91 Å². The molecule has 1 unspecified atom stereocenters. The first-order chi connectivity index (χ1) is 11.2. The maximum Gasteiger partial charge on any atom is 0.255 e. The van der Waals surface area contributed by atoms with Crippen molar-refractivity contribution >= 4 is 17.2 Å². The Kier molecular flexibility index (Phi) is 3.93. The minimum absolute atomic E-state index is 0.233. The Hall–Kier alpha value is -1.68. The predicted octanol–water partition coefficient (Wildman–Crippen LogP) is 4.07. The first-order valence-electron chi connectivity index (χ1n) is 8.51. The topological polar surface area (TPSA) is 33.2 Å². The van der Waals surface area contributed by atoms with Gasteiger partial charge in [-0.25, -0.2) is 0 Å². The third-order valence-corrected chi connectivity index (χ3v) is 6.03. The van der Waals surface area contributed by atoms with Crippen LogP contribution in [0.4, 0.5) is 0 Å². The van der Waals surface area contributed by atoms with Crippen LogP contribution in [0.25, 0.3) is 0 Å². The molecule has 0 saturated heterocycles. The van der Waals surface area contributed by atoms with E-state index in [9.17, 15) is 4.79 Å². The lowest BCUT2D eigenvalue weighted by molar-refractivity contribution is 0.0729. The molecule has 0 radical (unpaired) electrons. The number of nitrogens with zero attached hydrogens (tertiary/aromatic N) is 2. The Morgan fingerprint density at radius 1 is 1.30 bits per heavy atom. The van der Waals surface area contributed by atoms with Crippen molar-refractivity contribution in [2.24, 2.45) is 5.92 Å². The Balaban J connectivity index is 1.59. The molecule has 2 aliphatic carbocycles. The number of hydrogen-bond acceptors (Lipinski definition) is 3. The number of pyridine rings is 1. The molecule has 120 valence electrons. The van der Waals surface area contributed by atoms with E-state index in [1.165, 1.54) is 16.9 Å². The minimum Gasteiger partial charge on any atom is -0.331 e. The molecule has 4 heteroatoms. The van der Waals surface area contributed by atoms with E-state index in [0.717, 1.165) is 42.7 Å². The zero-order valence-corrected chi connectivity index (χ0v) is 14.3. The normalized spacial score (nSPS) is 20.1. The Bertz CT molecular complexity index is 705. The molecule has 1 amide bonds. The van der Waals surface area contributed by atoms with Crippen LogP contribution < -0.4 is 0 Å². The number of thiophene rings is 1. The minimum atomic E-state index is 0.233. The molecule has 3 nitrogen and oxygen atoms in total. The van der Waals surface area contributed by atoms with Crippen molar-refractivity contribution in [3.63, 3.8) is 0 Å². The fourth-order valence-corrected chi connectivity index (χ4v) is 4.69. The molecule has 23 heavy (non-hydrogen) atoms. The van der Waals surface area contributed by atoms with Crippen molar-refractivity contribution in [3.8, 4) is 0 Å². The van der Waals surface area contributed by atoms with Crippen LogP contribution in [0.5, 0.6) is 0 Å². The van der Waals surface area contributed by atoms with Crippen LogP contribution in [0.1, 0.15) is 52.5 Å². The molecule has 1 atom stereocenters. The zero-order chi connectivity index (χ0) is 15.8. The van der Waals surface area contributed by atoms with Gasteiger partial charge in [0, 0.05) is 35.2 Å². The number of aromatic nitrogens is 1. The molecule has 0 spiro atoms. The lowest BCUT2D eigenvalue weighted by Gasteiger charge is -2.24. The van der Waals surface area contributed by atoms with Crippen LogP contribution in [-0.2, 0) is 19.4 Å². The zero-order valence-electron chi connectivity index (χ0n) is 13.5. The van der Waals surface area contributed by atoms with E-state index in [1.807, 2.05) is 12.1 Å². The van der Waals surface area contributed by atoms with E-state index in [2.05, 4.69) is 22.2 Å². The summed E-state index contributed by atoms with van der Waals surface area (Å²) < 4.78 is 0. The Morgan fingerprint density at radius 2 is 2.09 bits per heavy atom. The number of rotatable bonds is 4. The van der Waals surface area contributed by atoms with Gasteiger partial charge in [-0.3, -0.25) is 9.78 Å². The third kappa shape index (κ3) is 3.05. The number of fused-ring (bicyclic) bond motifs is 1. The van der Waals surface area contributed by atoms with Crippen LogP contribution in [0.3, 0.4) is 0 Å². The summed E-state index contributed by atoms with van der Waals surface area (Å²) in [6, 6.07) is 4.44. The third-order valence-electron chi connectivity index (χ3n) is 4.98. The summed E-state index contributed by atoms with van der Waals surface area (Å²) in [5.41, 5.74) is 3.47. The van der Waals surface area contributed by atoms with Crippen molar-refractivity contribution in [2.45, 2.75) is 51.6 Å². The first kappa shape index (κ1) is 14.9. The lowest BCUT2D eigenvalue weighted by Crippen LogP contribution is -2.33. The van der Waals surface area contributed by atoms with Gasteiger partial charge < -0.3 is 4.90 Å². The van der Waals surface area contributed by atoms with Crippen LogP contribution in [0.15, 0.2) is 29.9 Å². The van der Waals surface area contributed by atoms with Crippen LogP contribution in [0.2, 0.25) is 0 Å². The lowest BCUT2D eigenvalue weighted by atomic mass is 9.88. The second-order valence-corrected chi connectivity index (χ2v) is 7.88. The molecule has 0 aromatic carbocycles. The molecule has 2 aromatic rings. The summed E-state index contributed by atoms with van der Waals surface area (Å²) >= 11 is 1.78. The SMILES string of the molecule is CC1CCc2c(C(=O)N(Cc3ccncc3)C3CC3)csc2C1. The van der Waals surface area contributed by atoms with Gasteiger partial charge in [0.1, 0.15) is 0 Å². The van der Waals surface area contributed by atoms with Gasteiger partial charge in [-0.2, -0.15) is 0 Å². The van der Waals surface area contributed by atoms with Gasteiger partial charge >= 0.3 is 0 Å². The molecular weight excluding hydrogens is 304 g/mol. The van der Waals surface area contributed by atoms with E-state index < -0.39 is 0 Å². The molecule has 2 aliphatic rings. The summed E-state index contributed by atoms with van der Waals surface area (Å²) in [6.45, 7) is 3.01. The van der Waals surface area contributed by atoms with Crippen molar-refractivity contribution < 1.29 is 4.79 Å². The smallest absolute Gasteiger partial charge is 0.255 e. The summed E-state index contributed by atoms with van der Waals surface area (Å²) in [4.78, 5) is 20.7. The quantitative estimate of drug-likeness (QED) is 0.848. The fourth-order valence-electron chi connectivity index (χ4n) is 3.45. The van der Waals surface area contributed by atoms with Crippen molar-refractivity contribution in [1.82, 2.24) is 9.88 Å². The maximum absolute atomic E-state index is 13.2. The van der Waals surface area contributed by atoms with Gasteiger partial charge in [0.05, 0.1) is 5.56 Å². The molecule has 0 N–H and O–H groups in total. The van der Waals surface area contributed by atoms with Crippen molar-refractivity contribution in [3.05, 3.63) is 51.5 Å². The van der Waals surface area contributed by atoms with Crippen molar-refractivity contribution in [2.75, 3.05) is 0 Å². The molecule has 4 rings (SSSR count). The fraction of sp³-hybridized carbons (Fsp3) is 0.474. The van der Waals surface area contributed by atoms with E-state index in [4.69, 9.17) is 0 Å². The van der Waals surface area contributed by atoms with Crippen LogP contribution in [-0.4, -0.2) is 21.8 Å². The van der Waals surface area contributed by atoms with Gasteiger partial charge in [0.2, 0.25) is 0 Å². The Labute approximate surface area is 141 Å². The summed E-state index contributed by atoms with van der Waals surface area (Å²) in [7, 11) is 0. The number of carbonyl (C=O) groups excluding carboxylic acids is 1. The number of amides is 1. The average Bonchev–Trinajstić information content (AvgIpc) is 3.32. The monoisotopic (exact) mass is 326 g/mol. The summed E-state index contributed by atoms with van der Waals surface area (Å²) in [6.07, 6.45) is 9.30. The first-order valence-corrected chi connectivity index (χ1v) is 9.39.